The Hall–Kier alpha value is -1.50. The number of piperazine rings is 1. The lowest BCUT2D eigenvalue weighted by Gasteiger charge is -2.32. The molecule has 0 aliphatic carbocycles. The van der Waals surface area contributed by atoms with Crippen LogP contribution in [0, 0.1) is 11.6 Å². The summed E-state index contributed by atoms with van der Waals surface area (Å²) >= 11 is 2.86. The molecule has 0 spiro atoms. The molecule has 1 aliphatic heterocycles. The molecule has 1 aromatic rings. The summed E-state index contributed by atoms with van der Waals surface area (Å²) in [6.45, 7) is 1.41. The Kier molecular flexibility index (Phi) is 3.84. The molecule has 0 bridgehead atoms. The van der Waals surface area contributed by atoms with Gasteiger partial charge in [-0.15, -0.1) is 0 Å². The van der Waals surface area contributed by atoms with Gasteiger partial charge in [0.2, 0.25) is 11.8 Å². The molecule has 1 aromatic carbocycles. The number of nitrogens with one attached hydrogen (secondary N) is 1. The molecule has 0 saturated carbocycles. The molecule has 4 nitrogen and oxygen atoms in total. The van der Waals surface area contributed by atoms with E-state index in [0.717, 1.165) is 17.0 Å². The Bertz CT molecular complexity index is 551. The molecule has 1 fully saturated rings. The second-order valence-corrected chi connectivity index (χ2v) is 5.02. The monoisotopic (exact) mass is 332 g/mol. The van der Waals surface area contributed by atoms with Gasteiger partial charge in [0, 0.05) is 6.07 Å². The van der Waals surface area contributed by atoms with Crippen LogP contribution in [-0.2, 0) is 9.59 Å². The van der Waals surface area contributed by atoms with Crippen molar-refractivity contribution in [2.24, 2.45) is 0 Å². The number of rotatable bonds is 2. The molecule has 19 heavy (non-hydrogen) atoms. The quantitative estimate of drug-likeness (QED) is 0.842. The van der Waals surface area contributed by atoms with Crippen molar-refractivity contribution in [1.29, 1.82) is 0 Å². The van der Waals surface area contributed by atoms with E-state index in [2.05, 4.69) is 21.2 Å². The fourth-order valence-corrected chi connectivity index (χ4v) is 2.23. The van der Waals surface area contributed by atoms with E-state index in [4.69, 9.17) is 0 Å². The molecule has 102 valence electrons. The lowest BCUT2D eigenvalue weighted by molar-refractivity contribution is -0.131. The third-order valence-corrected chi connectivity index (χ3v) is 3.50. The summed E-state index contributed by atoms with van der Waals surface area (Å²) in [5, 5.41) is 2.51. The van der Waals surface area contributed by atoms with Crippen LogP contribution in [0.3, 0.4) is 0 Å². The molecule has 1 saturated heterocycles. The van der Waals surface area contributed by atoms with Gasteiger partial charge in [-0.3, -0.25) is 14.5 Å². The van der Waals surface area contributed by atoms with Crippen LogP contribution >= 0.6 is 15.9 Å². The number of nitrogens with zero attached hydrogens (tertiary/aromatic N) is 1. The molecule has 1 atom stereocenters. The topological polar surface area (TPSA) is 49.4 Å². The Morgan fingerprint density at radius 1 is 1.37 bits per heavy atom. The summed E-state index contributed by atoms with van der Waals surface area (Å²) in [7, 11) is 0. The highest BCUT2D eigenvalue weighted by Gasteiger charge is 2.33. The van der Waals surface area contributed by atoms with Gasteiger partial charge in [0.05, 0.1) is 10.2 Å². The van der Waals surface area contributed by atoms with Gasteiger partial charge in [-0.05, 0) is 28.4 Å². The number of hydrogen-bond acceptors (Lipinski definition) is 2. The molecule has 1 unspecified atom stereocenters. The molecular formula is C12H11BrF2N2O2. The lowest BCUT2D eigenvalue weighted by atomic mass is 10.1. The maximum atomic E-state index is 13.8. The van der Waals surface area contributed by atoms with Crippen molar-refractivity contribution in [2.75, 3.05) is 11.4 Å². The first-order valence-corrected chi connectivity index (χ1v) is 6.48. The van der Waals surface area contributed by atoms with Gasteiger partial charge in [0.25, 0.3) is 0 Å². The van der Waals surface area contributed by atoms with Crippen molar-refractivity contribution in [3.8, 4) is 0 Å². The van der Waals surface area contributed by atoms with Crippen LogP contribution < -0.4 is 10.2 Å². The highest BCUT2D eigenvalue weighted by Crippen LogP contribution is 2.27. The van der Waals surface area contributed by atoms with E-state index in [1.165, 1.54) is 0 Å². The predicted octanol–water partition coefficient (Wildman–Crippen LogP) is 1.97. The first-order chi connectivity index (χ1) is 8.93. The van der Waals surface area contributed by atoms with Crippen LogP contribution in [0.25, 0.3) is 0 Å². The van der Waals surface area contributed by atoms with Gasteiger partial charge in [-0.2, -0.15) is 0 Å². The van der Waals surface area contributed by atoms with Crippen molar-refractivity contribution in [1.82, 2.24) is 5.32 Å². The Morgan fingerprint density at radius 2 is 2.05 bits per heavy atom. The summed E-state index contributed by atoms with van der Waals surface area (Å²) < 4.78 is 27.3. The molecule has 7 heteroatoms. The Morgan fingerprint density at radius 3 is 2.68 bits per heavy atom. The third-order valence-electron chi connectivity index (χ3n) is 2.89. The summed E-state index contributed by atoms with van der Waals surface area (Å²) in [5.74, 6) is -2.29. The zero-order valence-corrected chi connectivity index (χ0v) is 11.6. The summed E-state index contributed by atoms with van der Waals surface area (Å²) in [5.41, 5.74) is -0.223. The molecular weight excluding hydrogens is 322 g/mol. The van der Waals surface area contributed by atoms with Gasteiger partial charge in [0.1, 0.15) is 24.2 Å². The van der Waals surface area contributed by atoms with Gasteiger partial charge >= 0.3 is 0 Å². The first kappa shape index (κ1) is 13.9. The SMILES string of the molecule is CCC1NC(=O)CN(c2cc(F)c(Br)cc2F)C1=O. The van der Waals surface area contributed by atoms with Crippen LogP contribution in [-0.4, -0.2) is 24.4 Å². The normalized spacial score (nSPS) is 19.6. The number of anilines is 1. The second kappa shape index (κ2) is 5.24. The predicted molar refractivity (Wildman–Crippen MR) is 68.6 cm³/mol. The van der Waals surface area contributed by atoms with E-state index < -0.39 is 29.5 Å². The van der Waals surface area contributed by atoms with Crippen LogP contribution in [0.5, 0.6) is 0 Å². The fraction of sp³-hybridized carbons (Fsp3) is 0.333. The van der Waals surface area contributed by atoms with Crippen LogP contribution in [0.15, 0.2) is 16.6 Å². The highest BCUT2D eigenvalue weighted by molar-refractivity contribution is 9.10. The van der Waals surface area contributed by atoms with E-state index in [-0.39, 0.29) is 16.7 Å². The average molecular weight is 333 g/mol. The van der Waals surface area contributed by atoms with Gasteiger partial charge in [-0.1, -0.05) is 6.92 Å². The minimum atomic E-state index is -0.758. The third kappa shape index (κ3) is 2.60. The molecule has 2 rings (SSSR count). The van der Waals surface area contributed by atoms with E-state index >= 15 is 0 Å². The lowest BCUT2D eigenvalue weighted by Crippen LogP contribution is -2.58. The van der Waals surface area contributed by atoms with Crippen molar-refractivity contribution in [2.45, 2.75) is 19.4 Å². The standard InChI is InChI=1S/C12H11BrF2N2O2/c1-2-9-12(19)17(5-11(18)16-9)10-4-7(14)6(13)3-8(10)15/h3-4,9H,2,5H2,1H3,(H,16,18). The number of carbonyl (C=O) groups is 2. The molecule has 2 amide bonds. The smallest absolute Gasteiger partial charge is 0.250 e. The molecule has 0 radical (unpaired) electrons. The second-order valence-electron chi connectivity index (χ2n) is 4.17. The molecule has 1 N–H and O–H groups in total. The van der Waals surface area contributed by atoms with Gasteiger partial charge < -0.3 is 5.32 Å². The average Bonchev–Trinajstić information content (AvgIpc) is 2.36. The molecule has 1 heterocycles. The molecule has 1 aliphatic rings. The summed E-state index contributed by atoms with van der Waals surface area (Å²) in [6, 6.07) is 1.14. The zero-order valence-electron chi connectivity index (χ0n) is 10.0. The van der Waals surface area contributed by atoms with Gasteiger partial charge in [0.15, 0.2) is 0 Å². The fourth-order valence-electron chi connectivity index (χ4n) is 1.91. The van der Waals surface area contributed by atoms with Gasteiger partial charge in [-0.25, -0.2) is 8.78 Å². The van der Waals surface area contributed by atoms with Crippen molar-refractivity contribution in [3.05, 3.63) is 28.2 Å². The van der Waals surface area contributed by atoms with E-state index in [0.29, 0.717) is 6.42 Å². The highest BCUT2D eigenvalue weighted by atomic mass is 79.9. The van der Waals surface area contributed by atoms with Crippen molar-refractivity contribution < 1.29 is 18.4 Å². The van der Waals surface area contributed by atoms with Crippen LogP contribution in [0.2, 0.25) is 0 Å². The largest absolute Gasteiger partial charge is 0.343 e. The number of benzene rings is 1. The van der Waals surface area contributed by atoms with Crippen LogP contribution in [0.1, 0.15) is 13.3 Å². The van der Waals surface area contributed by atoms with Crippen molar-refractivity contribution in [3.63, 3.8) is 0 Å². The maximum Gasteiger partial charge on any atom is 0.250 e. The number of halogens is 3. The summed E-state index contributed by atoms with van der Waals surface area (Å²) in [6.07, 6.45) is 0.391. The first-order valence-electron chi connectivity index (χ1n) is 5.69. The number of amides is 2. The van der Waals surface area contributed by atoms with E-state index in [1.807, 2.05) is 0 Å². The zero-order chi connectivity index (χ0) is 14.2. The van der Waals surface area contributed by atoms with Crippen molar-refractivity contribution >= 4 is 33.4 Å². The summed E-state index contributed by atoms with van der Waals surface area (Å²) in [4.78, 5) is 24.5. The van der Waals surface area contributed by atoms with E-state index in [1.54, 1.807) is 6.92 Å². The van der Waals surface area contributed by atoms with E-state index in [9.17, 15) is 18.4 Å². The number of carbonyl (C=O) groups excluding carboxylic acids is 2. The Labute approximate surface area is 116 Å². The minimum Gasteiger partial charge on any atom is -0.343 e. The Balaban J connectivity index is 2.42. The maximum absolute atomic E-state index is 13.8. The molecule has 0 aromatic heterocycles. The van der Waals surface area contributed by atoms with Crippen LogP contribution in [0.4, 0.5) is 14.5 Å². The number of hydrogen-bond donors (Lipinski definition) is 1. The minimum absolute atomic E-state index is 0.0327.